The molecule has 0 radical (unpaired) electrons. The van der Waals surface area contributed by atoms with Crippen LogP contribution in [0.2, 0.25) is 0 Å². The van der Waals surface area contributed by atoms with Gasteiger partial charge in [-0.1, -0.05) is 30.3 Å². The van der Waals surface area contributed by atoms with Crippen molar-refractivity contribution < 1.29 is 4.79 Å². The van der Waals surface area contributed by atoms with Crippen LogP contribution in [0.25, 0.3) is 10.2 Å². The number of aromatic nitrogens is 3. The molecule has 3 aromatic heterocycles. The Morgan fingerprint density at radius 2 is 1.93 bits per heavy atom. The second-order valence-electron chi connectivity index (χ2n) is 5.94. The quantitative estimate of drug-likeness (QED) is 0.521. The number of fused-ring (bicyclic) bond motifs is 1. The summed E-state index contributed by atoms with van der Waals surface area (Å²) in [7, 11) is 0. The lowest BCUT2D eigenvalue weighted by Crippen LogP contribution is -2.22. The summed E-state index contributed by atoms with van der Waals surface area (Å²) in [6.45, 7) is 0.929. The fraction of sp³-hybridized carbons (Fsp3) is 0.158. The number of hydrogen-bond donors (Lipinski definition) is 0. The zero-order valence-corrected chi connectivity index (χ0v) is 15.9. The van der Waals surface area contributed by atoms with Gasteiger partial charge < -0.3 is 4.57 Å². The highest BCUT2D eigenvalue weighted by molar-refractivity contribution is 7.16. The molecule has 136 valence electrons. The first-order chi connectivity index (χ1) is 13.2. The first kappa shape index (κ1) is 17.6. The van der Waals surface area contributed by atoms with Crippen molar-refractivity contribution in [2.75, 3.05) is 0 Å². The number of thiazole rings is 1. The molecule has 0 aliphatic rings. The second-order valence-corrected chi connectivity index (χ2v) is 7.70. The van der Waals surface area contributed by atoms with Gasteiger partial charge in [-0.3, -0.25) is 14.2 Å². The number of hydrogen-bond acceptors (Lipinski definition) is 5. The van der Waals surface area contributed by atoms with Gasteiger partial charge in [0.2, 0.25) is 5.91 Å². The molecule has 0 saturated carbocycles. The van der Waals surface area contributed by atoms with Crippen LogP contribution < -0.4 is 10.4 Å². The number of benzene rings is 1. The minimum absolute atomic E-state index is 0.121. The highest BCUT2D eigenvalue weighted by Crippen LogP contribution is 2.13. The van der Waals surface area contributed by atoms with Crippen LogP contribution in [0.15, 0.2) is 69.5 Å². The number of rotatable bonds is 5. The van der Waals surface area contributed by atoms with Gasteiger partial charge in [-0.2, -0.15) is 4.99 Å². The number of thiophene rings is 1. The fourth-order valence-corrected chi connectivity index (χ4v) is 4.19. The molecule has 0 aliphatic carbocycles. The molecule has 0 fully saturated rings. The van der Waals surface area contributed by atoms with Crippen molar-refractivity contribution in [3.63, 3.8) is 0 Å². The van der Waals surface area contributed by atoms with E-state index in [0.29, 0.717) is 21.6 Å². The van der Waals surface area contributed by atoms with Crippen molar-refractivity contribution in [2.24, 2.45) is 4.99 Å². The van der Waals surface area contributed by atoms with Gasteiger partial charge in [0.25, 0.3) is 5.56 Å². The Bertz CT molecular complexity index is 1200. The van der Waals surface area contributed by atoms with Crippen LogP contribution in [-0.2, 0) is 17.9 Å². The summed E-state index contributed by atoms with van der Waals surface area (Å²) in [4.78, 5) is 34.5. The molecular formula is C19H16N4O2S2. The summed E-state index contributed by atoms with van der Waals surface area (Å²) in [5.74, 6) is -0.253. The Morgan fingerprint density at radius 3 is 2.78 bits per heavy atom. The average molecular weight is 396 g/mol. The molecule has 0 spiro atoms. The number of amides is 1. The Labute approximate surface area is 162 Å². The maximum Gasteiger partial charge on any atom is 0.262 e. The van der Waals surface area contributed by atoms with Gasteiger partial charge >= 0.3 is 0 Å². The number of carbonyl (C=O) groups is 1. The fourth-order valence-electron chi connectivity index (χ4n) is 2.72. The Hall–Kier alpha value is -2.84. The molecular weight excluding hydrogens is 380 g/mol. The van der Waals surface area contributed by atoms with Crippen LogP contribution in [0, 0.1) is 0 Å². The molecule has 0 saturated heterocycles. The molecule has 0 N–H and O–H groups in total. The molecule has 1 amide bonds. The van der Waals surface area contributed by atoms with E-state index in [9.17, 15) is 9.59 Å². The zero-order valence-electron chi connectivity index (χ0n) is 14.3. The van der Waals surface area contributed by atoms with Gasteiger partial charge in [-0.25, -0.2) is 4.98 Å². The lowest BCUT2D eigenvalue weighted by Gasteiger charge is -2.04. The summed E-state index contributed by atoms with van der Waals surface area (Å²) in [6.07, 6.45) is 3.57. The molecule has 0 unspecified atom stereocenters. The van der Waals surface area contributed by atoms with Crippen molar-refractivity contribution >= 4 is 38.8 Å². The van der Waals surface area contributed by atoms with Crippen LogP contribution >= 0.6 is 22.7 Å². The van der Waals surface area contributed by atoms with Crippen LogP contribution in [0.3, 0.4) is 0 Å². The summed E-state index contributed by atoms with van der Waals surface area (Å²) in [6, 6.07) is 11.8. The van der Waals surface area contributed by atoms with Gasteiger partial charge in [0, 0.05) is 31.1 Å². The maximum atomic E-state index is 12.4. The van der Waals surface area contributed by atoms with E-state index < -0.39 is 0 Å². The van der Waals surface area contributed by atoms with E-state index in [0.717, 1.165) is 5.56 Å². The number of carbonyl (C=O) groups excluding carboxylic acids is 1. The van der Waals surface area contributed by atoms with Gasteiger partial charge in [-0.15, -0.1) is 22.7 Å². The molecule has 1 aromatic carbocycles. The average Bonchev–Trinajstić information content (AvgIpc) is 3.32. The molecule has 6 nitrogen and oxygen atoms in total. The molecule has 27 heavy (non-hydrogen) atoms. The lowest BCUT2D eigenvalue weighted by atomic mass is 10.2. The number of nitrogens with zero attached hydrogens (tertiary/aromatic N) is 4. The Balaban J connectivity index is 1.48. The van der Waals surface area contributed by atoms with E-state index in [1.54, 1.807) is 6.07 Å². The van der Waals surface area contributed by atoms with Crippen molar-refractivity contribution in [1.82, 2.24) is 14.1 Å². The van der Waals surface area contributed by atoms with E-state index in [1.807, 2.05) is 51.9 Å². The van der Waals surface area contributed by atoms with Gasteiger partial charge in [0.05, 0.1) is 11.7 Å². The maximum absolute atomic E-state index is 12.4. The third-order valence-electron chi connectivity index (χ3n) is 4.09. The van der Waals surface area contributed by atoms with Crippen LogP contribution in [-0.4, -0.2) is 20.0 Å². The highest BCUT2D eigenvalue weighted by Gasteiger charge is 2.07. The molecule has 4 aromatic rings. The standard InChI is InChI=1S/C19H16N4O2S2/c24-16(6-8-23-13-20-17-15(18(23)25)7-10-26-17)21-19-22(9-11-27-19)12-14-4-2-1-3-5-14/h1-5,7,9-11,13H,6,8,12H2. The first-order valence-electron chi connectivity index (χ1n) is 8.39. The molecule has 4 rings (SSSR count). The highest BCUT2D eigenvalue weighted by atomic mass is 32.1. The normalized spacial score (nSPS) is 11.9. The summed E-state index contributed by atoms with van der Waals surface area (Å²) < 4.78 is 3.41. The van der Waals surface area contributed by atoms with Crippen molar-refractivity contribution in [1.29, 1.82) is 0 Å². The summed E-state index contributed by atoms with van der Waals surface area (Å²) >= 11 is 2.85. The minimum atomic E-state index is -0.253. The van der Waals surface area contributed by atoms with Gasteiger partial charge in [0.15, 0.2) is 4.80 Å². The van der Waals surface area contributed by atoms with Crippen LogP contribution in [0.1, 0.15) is 12.0 Å². The topological polar surface area (TPSA) is 69.2 Å². The molecule has 8 heteroatoms. The first-order valence-corrected chi connectivity index (χ1v) is 10.1. The van der Waals surface area contributed by atoms with E-state index in [1.165, 1.54) is 33.6 Å². The third kappa shape index (κ3) is 3.96. The largest absolute Gasteiger partial charge is 0.319 e. The lowest BCUT2D eigenvalue weighted by molar-refractivity contribution is -0.118. The third-order valence-corrected chi connectivity index (χ3v) is 5.71. The second kappa shape index (κ2) is 7.81. The van der Waals surface area contributed by atoms with Crippen LogP contribution in [0.5, 0.6) is 0 Å². The summed E-state index contributed by atoms with van der Waals surface area (Å²) in [5.41, 5.74) is 1.02. The smallest absolute Gasteiger partial charge is 0.262 e. The Kier molecular flexibility index (Phi) is 5.08. The Morgan fingerprint density at radius 1 is 1.07 bits per heavy atom. The SMILES string of the molecule is O=C(CCn1cnc2sccc2c1=O)N=c1sccn1Cc1ccccc1. The molecule has 3 heterocycles. The zero-order chi connectivity index (χ0) is 18.6. The van der Waals surface area contributed by atoms with Gasteiger partial charge in [0.1, 0.15) is 4.83 Å². The molecule has 0 atom stereocenters. The van der Waals surface area contributed by atoms with Crippen molar-refractivity contribution in [3.05, 3.63) is 80.4 Å². The molecule has 0 aliphatic heterocycles. The van der Waals surface area contributed by atoms with Crippen LogP contribution in [0.4, 0.5) is 0 Å². The van der Waals surface area contributed by atoms with E-state index in [2.05, 4.69) is 9.98 Å². The number of aryl methyl sites for hydroxylation is 1. The van der Waals surface area contributed by atoms with Crippen molar-refractivity contribution in [2.45, 2.75) is 19.5 Å². The van der Waals surface area contributed by atoms with E-state index in [4.69, 9.17) is 0 Å². The molecule has 0 bridgehead atoms. The van der Waals surface area contributed by atoms with E-state index in [-0.39, 0.29) is 24.4 Å². The monoisotopic (exact) mass is 396 g/mol. The van der Waals surface area contributed by atoms with Gasteiger partial charge in [-0.05, 0) is 17.0 Å². The predicted molar refractivity (Wildman–Crippen MR) is 107 cm³/mol. The summed E-state index contributed by atoms with van der Waals surface area (Å²) in [5, 5.41) is 4.34. The van der Waals surface area contributed by atoms with E-state index >= 15 is 0 Å². The van der Waals surface area contributed by atoms with Crippen molar-refractivity contribution in [3.8, 4) is 0 Å². The minimum Gasteiger partial charge on any atom is -0.319 e. The predicted octanol–water partition coefficient (Wildman–Crippen LogP) is 2.89.